The summed E-state index contributed by atoms with van der Waals surface area (Å²) in [7, 11) is 0. The number of thiazole rings is 1. The normalized spacial score (nSPS) is 21.2. The van der Waals surface area contributed by atoms with Crippen molar-refractivity contribution in [2.45, 2.75) is 37.3 Å². The molecule has 2 saturated heterocycles. The van der Waals surface area contributed by atoms with Gasteiger partial charge in [-0.2, -0.15) is 41.5 Å². The van der Waals surface area contributed by atoms with Crippen LogP contribution in [-0.4, -0.2) is 41.5 Å². The van der Waals surface area contributed by atoms with Gasteiger partial charge in [0.25, 0.3) is 0 Å². The lowest BCUT2D eigenvalue weighted by molar-refractivity contribution is -0.143. The van der Waals surface area contributed by atoms with Crippen LogP contribution < -0.4 is 20.8 Å². The molecule has 198 valence electrons. The van der Waals surface area contributed by atoms with Crippen molar-refractivity contribution in [3.05, 3.63) is 74.1 Å². The zero-order valence-electron chi connectivity index (χ0n) is 19.4. The van der Waals surface area contributed by atoms with Crippen LogP contribution in [0, 0.1) is 0 Å². The van der Waals surface area contributed by atoms with Crippen molar-refractivity contribution in [3.63, 3.8) is 0 Å². The monoisotopic (exact) mass is 551 g/mol. The second-order valence-corrected chi connectivity index (χ2v) is 10.4. The molecule has 6 nitrogen and oxygen atoms in total. The molecule has 38 heavy (non-hydrogen) atoms. The van der Waals surface area contributed by atoms with Gasteiger partial charge in [0.1, 0.15) is 0 Å². The lowest BCUT2D eigenvalue weighted by Crippen LogP contribution is -2.43. The highest BCUT2D eigenvalue weighted by atomic mass is 32.1. The maximum Gasteiger partial charge on any atom is 0.416 e. The molecule has 0 spiro atoms. The van der Waals surface area contributed by atoms with Crippen LogP contribution in [0.5, 0.6) is 5.88 Å². The first-order valence-corrected chi connectivity index (χ1v) is 12.5. The van der Waals surface area contributed by atoms with Crippen molar-refractivity contribution >= 4 is 28.3 Å². The molecule has 2 N–H and O–H groups in total. The first-order valence-electron chi connectivity index (χ1n) is 11.7. The molecule has 6 rings (SSSR count). The summed E-state index contributed by atoms with van der Waals surface area (Å²) in [5, 5.41) is 23.7. The number of aromatic nitrogens is 1. The number of hydrogen-bond donors (Lipinski definition) is 2. The number of alkyl halides is 6. The third kappa shape index (κ3) is 4.43. The van der Waals surface area contributed by atoms with Crippen molar-refractivity contribution in [3.8, 4) is 5.88 Å². The lowest BCUT2D eigenvalue weighted by Gasteiger charge is -2.26. The third-order valence-corrected chi connectivity index (χ3v) is 8.16. The standard InChI is InChI=1S/C25H19F6N5OS/c26-24(27,28)15-3-1-13(19(7-15)25(29,30)31)6-18(12-2-4-20-14(5-12)9-33-35-20)21-22(37)34-23(38-21)36-11-16-8-17(36)10-32-16/h1-5,7,9,16-17,32,37H,6,8,10-11H2. The number of aromatic hydroxyl groups is 1. The van der Waals surface area contributed by atoms with Gasteiger partial charge >= 0.3 is 12.4 Å². The number of piperazine rings is 1. The Hall–Kier alpha value is -3.45. The Bertz CT molecular complexity index is 1580. The van der Waals surface area contributed by atoms with E-state index in [9.17, 15) is 31.4 Å². The summed E-state index contributed by atoms with van der Waals surface area (Å²) in [6.07, 6.45) is -7.90. The molecule has 13 heteroatoms. The summed E-state index contributed by atoms with van der Waals surface area (Å²) < 4.78 is 81.5. The first kappa shape index (κ1) is 24.9. The van der Waals surface area contributed by atoms with Crippen LogP contribution in [-0.2, 0) is 18.8 Å². The Kier molecular flexibility index (Phi) is 5.76. The topological polar surface area (TPSA) is 73.1 Å². The molecule has 3 aliphatic rings. The predicted molar refractivity (Wildman–Crippen MR) is 129 cm³/mol. The first-order chi connectivity index (χ1) is 18.0. The molecule has 2 aromatic carbocycles. The average molecular weight is 552 g/mol. The van der Waals surface area contributed by atoms with Gasteiger partial charge in [-0.15, -0.1) is 0 Å². The third-order valence-electron chi connectivity index (χ3n) is 7.02. The molecule has 1 aromatic heterocycles. The lowest BCUT2D eigenvalue weighted by atomic mass is 9.94. The van der Waals surface area contributed by atoms with Crippen LogP contribution in [0.2, 0.25) is 0 Å². The SMILES string of the molecule is Oc1nc(N2CC3CC2CN3)sc1C(Cc1ccc(C(F)(F)F)cc1C(F)(F)F)=c1ccc2c(c1)C=NN=2. The number of anilines is 1. The number of nitrogens with one attached hydrogen (secondary N) is 1. The van der Waals surface area contributed by atoms with Gasteiger partial charge in [-0.3, -0.25) is 0 Å². The molecule has 2 atom stereocenters. The molecular weight excluding hydrogens is 532 g/mol. The minimum absolute atomic E-state index is 0.132. The number of fused-ring (bicyclic) bond motifs is 3. The molecule has 3 aliphatic heterocycles. The molecule has 3 aromatic rings. The van der Waals surface area contributed by atoms with Gasteiger partial charge in [0, 0.05) is 37.2 Å². The minimum atomic E-state index is -5.02. The Balaban J connectivity index is 1.50. The van der Waals surface area contributed by atoms with E-state index in [1.807, 2.05) is 0 Å². The molecule has 2 unspecified atom stereocenters. The fourth-order valence-electron chi connectivity index (χ4n) is 5.18. The molecule has 0 amide bonds. The minimum Gasteiger partial charge on any atom is -0.492 e. The average Bonchev–Trinajstić information content (AvgIpc) is 3.65. The van der Waals surface area contributed by atoms with E-state index in [4.69, 9.17) is 0 Å². The van der Waals surface area contributed by atoms with E-state index in [1.54, 1.807) is 18.2 Å². The van der Waals surface area contributed by atoms with Crippen LogP contribution in [0.4, 0.5) is 31.5 Å². The Morgan fingerprint density at radius 2 is 1.89 bits per heavy atom. The molecule has 2 bridgehead atoms. The van der Waals surface area contributed by atoms with Crippen LogP contribution in [0.3, 0.4) is 0 Å². The molecule has 0 saturated carbocycles. The molecule has 0 radical (unpaired) electrons. The van der Waals surface area contributed by atoms with E-state index in [-0.39, 0.29) is 34.8 Å². The fourth-order valence-corrected chi connectivity index (χ4v) is 6.29. The fraction of sp³-hybridized carbons (Fsp3) is 0.320. The number of rotatable bonds is 4. The maximum atomic E-state index is 13.9. The second kappa shape index (κ2) is 8.80. The van der Waals surface area contributed by atoms with Crippen molar-refractivity contribution < 1.29 is 31.4 Å². The van der Waals surface area contributed by atoms with Crippen molar-refractivity contribution in [1.29, 1.82) is 0 Å². The van der Waals surface area contributed by atoms with Crippen molar-refractivity contribution in [1.82, 2.24) is 10.3 Å². The Morgan fingerprint density at radius 3 is 2.58 bits per heavy atom. The van der Waals surface area contributed by atoms with Gasteiger partial charge in [0.05, 0.1) is 27.6 Å². The van der Waals surface area contributed by atoms with Crippen molar-refractivity contribution in [2.24, 2.45) is 10.2 Å². The summed E-state index contributed by atoms with van der Waals surface area (Å²) in [4.78, 5) is 6.65. The maximum absolute atomic E-state index is 13.9. The highest BCUT2D eigenvalue weighted by molar-refractivity contribution is 7.17. The van der Waals surface area contributed by atoms with Gasteiger partial charge in [0.15, 0.2) is 5.13 Å². The molecule has 2 fully saturated rings. The van der Waals surface area contributed by atoms with Gasteiger partial charge in [-0.1, -0.05) is 23.5 Å². The summed E-state index contributed by atoms with van der Waals surface area (Å²) >= 11 is 1.15. The zero-order valence-corrected chi connectivity index (χ0v) is 20.3. The summed E-state index contributed by atoms with van der Waals surface area (Å²) in [5.41, 5.74) is -2.17. The zero-order chi connectivity index (χ0) is 26.8. The number of benzene rings is 2. The summed E-state index contributed by atoms with van der Waals surface area (Å²) in [6.45, 7) is 1.46. The van der Waals surface area contributed by atoms with Crippen LogP contribution >= 0.6 is 11.3 Å². The van der Waals surface area contributed by atoms with Gasteiger partial charge in [-0.05, 0) is 47.0 Å². The summed E-state index contributed by atoms with van der Waals surface area (Å²) in [5.74, 6) is -0.338. The smallest absolute Gasteiger partial charge is 0.416 e. The van der Waals surface area contributed by atoms with E-state index in [2.05, 4.69) is 25.4 Å². The van der Waals surface area contributed by atoms with Crippen molar-refractivity contribution in [2.75, 3.05) is 18.0 Å². The Morgan fingerprint density at radius 1 is 1.08 bits per heavy atom. The van der Waals surface area contributed by atoms with Gasteiger partial charge < -0.3 is 15.3 Å². The van der Waals surface area contributed by atoms with E-state index in [0.717, 1.165) is 30.4 Å². The van der Waals surface area contributed by atoms with Crippen LogP contribution in [0.25, 0.3) is 5.57 Å². The highest BCUT2D eigenvalue weighted by Crippen LogP contribution is 2.42. The largest absolute Gasteiger partial charge is 0.492 e. The van der Waals surface area contributed by atoms with Gasteiger partial charge in [-0.25, -0.2) is 0 Å². The summed E-state index contributed by atoms with van der Waals surface area (Å²) in [6, 6.07) is 7.10. The number of nitrogens with zero attached hydrogens (tertiary/aromatic N) is 4. The number of hydrogen-bond acceptors (Lipinski definition) is 7. The molecule has 4 heterocycles. The quantitative estimate of drug-likeness (QED) is 0.484. The Labute approximate surface area is 215 Å². The molecule has 0 aliphatic carbocycles. The molecular formula is C25H19F6N5OS. The second-order valence-electron chi connectivity index (χ2n) is 9.44. The van der Waals surface area contributed by atoms with E-state index >= 15 is 0 Å². The van der Waals surface area contributed by atoms with E-state index in [1.165, 1.54) is 6.21 Å². The van der Waals surface area contributed by atoms with E-state index in [0.29, 0.717) is 45.5 Å². The van der Waals surface area contributed by atoms with Gasteiger partial charge in [0.2, 0.25) is 5.88 Å². The predicted octanol–water partition coefficient (Wildman–Crippen LogP) is 3.85. The van der Waals surface area contributed by atoms with Crippen LogP contribution in [0.15, 0.2) is 46.6 Å². The van der Waals surface area contributed by atoms with E-state index < -0.39 is 23.5 Å². The van der Waals surface area contributed by atoms with Crippen LogP contribution in [0.1, 0.15) is 33.6 Å². The highest BCUT2D eigenvalue weighted by Gasteiger charge is 2.40. The number of halogens is 6.